The quantitative estimate of drug-likeness (QED) is 0.666. The molecular formula is C19H31ClN4O2. The van der Waals surface area contributed by atoms with E-state index in [0.29, 0.717) is 24.7 Å². The molecule has 1 aliphatic rings. The summed E-state index contributed by atoms with van der Waals surface area (Å²) in [6, 6.07) is 7.82. The number of amides is 2. The molecular weight excluding hydrogens is 352 g/mol. The fourth-order valence-corrected chi connectivity index (χ4v) is 3.02. The first kappa shape index (κ1) is 22.4. The lowest BCUT2D eigenvalue weighted by Gasteiger charge is -2.27. The van der Waals surface area contributed by atoms with Gasteiger partial charge < -0.3 is 20.9 Å². The third-order valence-electron chi connectivity index (χ3n) is 4.49. The van der Waals surface area contributed by atoms with E-state index < -0.39 is 0 Å². The standard InChI is InChI=1S/C19H30N4O2.ClH/c1-14-11-17(7-8-20-14)19(25)22-13-15-5-4-6-16(12-15)18(24)21-9-10-23(2)3;/h4-6,12,14,17,20H,7-11,13H2,1-3H3,(H,21,24)(H,22,25);1H/t14-,17-;/m0./s1. The zero-order valence-corrected chi connectivity index (χ0v) is 16.7. The molecule has 2 atom stereocenters. The second-order valence-electron chi connectivity index (χ2n) is 7.05. The van der Waals surface area contributed by atoms with Crippen LogP contribution >= 0.6 is 12.4 Å². The first-order valence-electron chi connectivity index (χ1n) is 8.98. The van der Waals surface area contributed by atoms with Gasteiger partial charge in [-0.3, -0.25) is 9.59 Å². The van der Waals surface area contributed by atoms with E-state index >= 15 is 0 Å². The summed E-state index contributed by atoms with van der Waals surface area (Å²) in [5, 5.41) is 9.27. The van der Waals surface area contributed by atoms with Crippen LogP contribution in [0.2, 0.25) is 0 Å². The summed E-state index contributed by atoms with van der Waals surface area (Å²) < 4.78 is 0. The highest BCUT2D eigenvalue weighted by atomic mass is 35.5. The molecule has 3 N–H and O–H groups in total. The molecule has 0 radical (unpaired) electrons. The minimum atomic E-state index is -0.0813. The predicted octanol–water partition coefficient (Wildman–Crippen LogP) is 1.40. The molecule has 1 aromatic rings. The van der Waals surface area contributed by atoms with Crippen LogP contribution in [0.5, 0.6) is 0 Å². The number of carbonyl (C=O) groups excluding carboxylic acids is 2. The van der Waals surface area contributed by atoms with Crippen molar-refractivity contribution in [2.45, 2.75) is 32.4 Å². The smallest absolute Gasteiger partial charge is 0.251 e. The van der Waals surface area contributed by atoms with Crippen LogP contribution in [0.25, 0.3) is 0 Å². The molecule has 26 heavy (non-hydrogen) atoms. The molecule has 1 heterocycles. The topological polar surface area (TPSA) is 73.5 Å². The molecule has 1 aromatic carbocycles. The lowest BCUT2D eigenvalue weighted by molar-refractivity contribution is -0.126. The van der Waals surface area contributed by atoms with Crippen molar-refractivity contribution in [3.63, 3.8) is 0 Å². The maximum absolute atomic E-state index is 12.3. The van der Waals surface area contributed by atoms with Crippen molar-refractivity contribution in [3.8, 4) is 0 Å². The number of piperidine rings is 1. The van der Waals surface area contributed by atoms with Crippen LogP contribution < -0.4 is 16.0 Å². The van der Waals surface area contributed by atoms with Gasteiger partial charge in [0.1, 0.15) is 0 Å². The van der Waals surface area contributed by atoms with Crippen molar-refractivity contribution in [1.82, 2.24) is 20.9 Å². The Kier molecular flexibility index (Phi) is 9.62. The Morgan fingerprint density at radius 3 is 2.73 bits per heavy atom. The van der Waals surface area contributed by atoms with Crippen LogP contribution in [0, 0.1) is 5.92 Å². The second-order valence-corrected chi connectivity index (χ2v) is 7.05. The summed E-state index contributed by atoms with van der Waals surface area (Å²) >= 11 is 0. The largest absolute Gasteiger partial charge is 0.352 e. The Balaban J connectivity index is 0.00000338. The highest BCUT2D eigenvalue weighted by Crippen LogP contribution is 2.16. The maximum atomic E-state index is 12.3. The van der Waals surface area contributed by atoms with Crippen molar-refractivity contribution >= 4 is 24.2 Å². The number of rotatable bonds is 7. The molecule has 0 spiro atoms. The Hall–Kier alpha value is -1.63. The predicted molar refractivity (Wildman–Crippen MR) is 107 cm³/mol. The zero-order chi connectivity index (χ0) is 18.2. The molecule has 7 heteroatoms. The summed E-state index contributed by atoms with van der Waals surface area (Å²) in [6.07, 6.45) is 1.75. The molecule has 2 rings (SSSR count). The molecule has 0 saturated carbocycles. The maximum Gasteiger partial charge on any atom is 0.251 e. The number of nitrogens with one attached hydrogen (secondary N) is 3. The fraction of sp³-hybridized carbons (Fsp3) is 0.579. The van der Waals surface area contributed by atoms with Gasteiger partial charge in [0.25, 0.3) is 5.91 Å². The van der Waals surface area contributed by atoms with Crippen molar-refractivity contribution in [3.05, 3.63) is 35.4 Å². The van der Waals surface area contributed by atoms with Crippen molar-refractivity contribution in [2.75, 3.05) is 33.7 Å². The van der Waals surface area contributed by atoms with E-state index in [9.17, 15) is 9.59 Å². The number of benzene rings is 1. The molecule has 0 aliphatic carbocycles. The third-order valence-corrected chi connectivity index (χ3v) is 4.49. The molecule has 0 aromatic heterocycles. The van der Waals surface area contributed by atoms with E-state index in [1.807, 2.05) is 37.2 Å². The third kappa shape index (κ3) is 7.32. The van der Waals surface area contributed by atoms with Crippen LogP contribution in [0.15, 0.2) is 24.3 Å². The average molecular weight is 383 g/mol. The van der Waals surface area contributed by atoms with Crippen molar-refractivity contribution in [2.24, 2.45) is 5.92 Å². The lowest BCUT2D eigenvalue weighted by Crippen LogP contribution is -2.42. The van der Waals surface area contributed by atoms with Gasteiger partial charge in [-0.05, 0) is 58.1 Å². The van der Waals surface area contributed by atoms with Gasteiger partial charge in [0.2, 0.25) is 5.91 Å². The molecule has 0 unspecified atom stereocenters. The Labute approximate surface area is 162 Å². The minimum absolute atomic E-state index is 0. The lowest BCUT2D eigenvalue weighted by atomic mass is 9.92. The van der Waals surface area contributed by atoms with E-state index in [-0.39, 0.29) is 30.1 Å². The molecule has 146 valence electrons. The molecule has 1 aliphatic heterocycles. The monoisotopic (exact) mass is 382 g/mol. The Morgan fingerprint density at radius 1 is 1.27 bits per heavy atom. The average Bonchev–Trinajstić information content (AvgIpc) is 2.59. The summed E-state index contributed by atoms with van der Waals surface area (Å²) in [7, 11) is 3.94. The Bertz CT molecular complexity index is 595. The molecule has 6 nitrogen and oxygen atoms in total. The van der Waals surface area contributed by atoms with Gasteiger partial charge in [0, 0.05) is 37.2 Å². The van der Waals surface area contributed by atoms with E-state index in [1.165, 1.54) is 0 Å². The summed E-state index contributed by atoms with van der Waals surface area (Å²) in [5.41, 5.74) is 1.57. The van der Waals surface area contributed by atoms with Gasteiger partial charge in [-0.2, -0.15) is 0 Å². The fourth-order valence-electron chi connectivity index (χ4n) is 3.02. The normalized spacial score (nSPS) is 19.5. The highest BCUT2D eigenvalue weighted by Gasteiger charge is 2.24. The van der Waals surface area contributed by atoms with Crippen molar-refractivity contribution in [1.29, 1.82) is 0 Å². The second kappa shape index (κ2) is 11.2. The molecule has 0 bridgehead atoms. The number of hydrogen-bond acceptors (Lipinski definition) is 4. The van der Waals surface area contributed by atoms with Gasteiger partial charge in [0.15, 0.2) is 0 Å². The molecule has 1 fully saturated rings. The number of carbonyl (C=O) groups is 2. The van der Waals surface area contributed by atoms with Crippen LogP contribution in [-0.4, -0.2) is 56.5 Å². The summed E-state index contributed by atoms with van der Waals surface area (Å²) in [4.78, 5) is 26.5. The van der Waals surface area contributed by atoms with Crippen LogP contribution in [0.3, 0.4) is 0 Å². The van der Waals surface area contributed by atoms with E-state index in [1.54, 1.807) is 6.07 Å². The number of likely N-dealkylation sites (N-methyl/N-ethyl adjacent to an activating group) is 1. The van der Waals surface area contributed by atoms with E-state index in [0.717, 1.165) is 31.5 Å². The first-order chi connectivity index (χ1) is 12.0. The van der Waals surface area contributed by atoms with Crippen LogP contribution in [0.4, 0.5) is 0 Å². The minimum Gasteiger partial charge on any atom is -0.352 e. The van der Waals surface area contributed by atoms with Crippen LogP contribution in [-0.2, 0) is 11.3 Å². The van der Waals surface area contributed by atoms with Gasteiger partial charge in [-0.25, -0.2) is 0 Å². The number of nitrogens with zero attached hydrogens (tertiary/aromatic N) is 1. The summed E-state index contributed by atoms with van der Waals surface area (Å²) in [6.45, 7) is 4.87. The van der Waals surface area contributed by atoms with Gasteiger partial charge in [-0.1, -0.05) is 12.1 Å². The van der Waals surface area contributed by atoms with E-state index in [4.69, 9.17) is 0 Å². The van der Waals surface area contributed by atoms with Crippen LogP contribution in [0.1, 0.15) is 35.7 Å². The summed E-state index contributed by atoms with van der Waals surface area (Å²) in [5.74, 6) is 0.102. The van der Waals surface area contributed by atoms with Crippen molar-refractivity contribution < 1.29 is 9.59 Å². The van der Waals surface area contributed by atoms with E-state index in [2.05, 4.69) is 22.9 Å². The van der Waals surface area contributed by atoms with Gasteiger partial charge >= 0.3 is 0 Å². The van der Waals surface area contributed by atoms with Gasteiger partial charge in [-0.15, -0.1) is 12.4 Å². The van der Waals surface area contributed by atoms with Gasteiger partial charge in [0.05, 0.1) is 0 Å². The highest BCUT2D eigenvalue weighted by molar-refractivity contribution is 5.94. The SMILES string of the molecule is C[C@H]1C[C@@H](C(=O)NCc2cccc(C(=O)NCCN(C)C)c2)CCN1.Cl. The zero-order valence-electron chi connectivity index (χ0n) is 15.9. The Morgan fingerprint density at radius 2 is 2.04 bits per heavy atom. The number of hydrogen-bond donors (Lipinski definition) is 3. The number of halogens is 1. The molecule has 2 amide bonds. The molecule has 1 saturated heterocycles. The first-order valence-corrected chi connectivity index (χ1v) is 8.98.